The molecule has 5 heteroatoms. The fraction of sp³-hybridized carbons (Fsp3) is 0.261. The Bertz CT molecular complexity index is 1030. The molecule has 28 heavy (non-hydrogen) atoms. The van der Waals surface area contributed by atoms with Gasteiger partial charge >= 0.3 is 0 Å². The number of fused-ring (bicyclic) bond motifs is 1. The van der Waals surface area contributed by atoms with Crippen molar-refractivity contribution in [2.45, 2.75) is 26.8 Å². The molecule has 2 N–H and O–H groups in total. The average Bonchev–Trinajstić information content (AvgIpc) is 3.13. The normalized spacial score (nSPS) is 11.7. The number of rotatable bonds is 6. The molecule has 3 rings (SSSR count). The Morgan fingerprint density at radius 2 is 1.82 bits per heavy atom. The second-order valence-corrected chi connectivity index (χ2v) is 7.02. The van der Waals surface area contributed by atoms with Gasteiger partial charge in [-0.25, -0.2) is 0 Å². The molecule has 5 nitrogen and oxygen atoms in total. The minimum absolute atomic E-state index is 0.0821. The molecule has 3 aromatic rings. The summed E-state index contributed by atoms with van der Waals surface area (Å²) in [6, 6.07) is 12.2. The van der Waals surface area contributed by atoms with Gasteiger partial charge in [-0.2, -0.15) is 0 Å². The summed E-state index contributed by atoms with van der Waals surface area (Å²) in [6.45, 7) is 5.75. The van der Waals surface area contributed by atoms with Crippen LogP contribution in [0.25, 0.3) is 27.6 Å². The molecular formula is C23H26N2O3. The van der Waals surface area contributed by atoms with E-state index in [1.807, 2.05) is 51.2 Å². The van der Waals surface area contributed by atoms with Crippen molar-refractivity contribution in [3.8, 4) is 22.6 Å². The number of hydrogen-bond donors (Lipinski definition) is 2. The van der Waals surface area contributed by atoms with E-state index in [0.717, 1.165) is 38.9 Å². The lowest BCUT2D eigenvalue weighted by Gasteiger charge is -2.16. The molecule has 1 amide bonds. The fourth-order valence-corrected chi connectivity index (χ4v) is 3.25. The van der Waals surface area contributed by atoms with Crippen molar-refractivity contribution in [3.05, 3.63) is 54.2 Å². The highest BCUT2D eigenvalue weighted by Crippen LogP contribution is 2.39. The van der Waals surface area contributed by atoms with Crippen molar-refractivity contribution in [2.75, 3.05) is 14.2 Å². The zero-order chi connectivity index (χ0) is 20.3. The largest absolute Gasteiger partial charge is 0.496 e. The van der Waals surface area contributed by atoms with Crippen LogP contribution in [0.5, 0.6) is 11.5 Å². The van der Waals surface area contributed by atoms with Crippen LogP contribution >= 0.6 is 0 Å². The fourth-order valence-electron chi connectivity index (χ4n) is 3.25. The van der Waals surface area contributed by atoms with Crippen molar-refractivity contribution in [1.29, 1.82) is 0 Å². The Balaban J connectivity index is 2.07. The molecule has 1 heterocycles. The monoisotopic (exact) mass is 378 g/mol. The molecule has 0 aliphatic rings. The molecule has 1 aromatic heterocycles. The summed E-state index contributed by atoms with van der Waals surface area (Å²) in [6.07, 6.45) is 3.51. The average molecular weight is 378 g/mol. The number of aromatic amines is 1. The molecule has 0 aliphatic carbocycles. The Hall–Kier alpha value is -3.21. The van der Waals surface area contributed by atoms with Gasteiger partial charge in [0.05, 0.1) is 14.2 Å². The van der Waals surface area contributed by atoms with E-state index in [2.05, 4.69) is 22.4 Å². The molecule has 0 fully saturated rings. The summed E-state index contributed by atoms with van der Waals surface area (Å²) in [7, 11) is 3.28. The first-order valence-corrected chi connectivity index (χ1v) is 9.25. The van der Waals surface area contributed by atoms with Crippen LogP contribution in [-0.2, 0) is 4.79 Å². The molecule has 0 atom stereocenters. The van der Waals surface area contributed by atoms with Gasteiger partial charge in [0.25, 0.3) is 0 Å². The summed E-state index contributed by atoms with van der Waals surface area (Å²) in [5, 5.41) is 4.00. The van der Waals surface area contributed by atoms with Crippen LogP contribution < -0.4 is 14.8 Å². The predicted molar refractivity (Wildman–Crippen MR) is 114 cm³/mol. The second kappa shape index (κ2) is 8.21. The maximum atomic E-state index is 12.1. The molecule has 0 spiro atoms. The smallest absolute Gasteiger partial charge is 0.244 e. The number of amides is 1. The van der Waals surface area contributed by atoms with E-state index in [0.29, 0.717) is 5.75 Å². The summed E-state index contributed by atoms with van der Waals surface area (Å²) < 4.78 is 11.3. The lowest BCUT2D eigenvalue weighted by atomic mass is 9.97. The predicted octanol–water partition coefficient (Wildman–Crippen LogP) is 4.78. The van der Waals surface area contributed by atoms with Crippen molar-refractivity contribution in [3.63, 3.8) is 0 Å². The van der Waals surface area contributed by atoms with Crippen LogP contribution in [0.15, 0.2) is 48.7 Å². The molecule has 0 unspecified atom stereocenters. The van der Waals surface area contributed by atoms with Crippen molar-refractivity contribution >= 4 is 22.4 Å². The van der Waals surface area contributed by atoms with Gasteiger partial charge in [0, 0.05) is 35.0 Å². The number of methoxy groups -OCH3 is 2. The van der Waals surface area contributed by atoms with Crippen LogP contribution in [0.4, 0.5) is 0 Å². The maximum absolute atomic E-state index is 12.1. The molecule has 0 bridgehead atoms. The minimum Gasteiger partial charge on any atom is -0.496 e. The highest BCUT2D eigenvalue weighted by molar-refractivity contribution is 5.96. The number of nitrogens with one attached hydrogen (secondary N) is 2. The Labute approximate surface area is 165 Å². The Morgan fingerprint density at radius 3 is 2.50 bits per heavy atom. The SMILES string of the molecule is COc1cc(-c2ccc3[nH]ccc3c2)c(OC)cc1C(C)=CC(=O)NC(C)C. The first-order valence-electron chi connectivity index (χ1n) is 9.25. The Kier molecular flexibility index (Phi) is 5.73. The maximum Gasteiger partial charge on any atom is 0.244 e. The third-order valence-corrected chi connectivity index (χ3v) is 4.59. The van der Waals surface area contributed by atoms with Gasteiger partial charge in [0.2, 0.25) is 5.91 Å². The zero-order valence-corrected chi connectivity index (χ0v) is 16.9. The standard InChI is InChI=1S/C23H26N2O3/c1-14(2)25-23(26)10-15(3)18-12-22(28-5)19(13-21(18)27-4)16-6-7-20-17(11-16)8-9-24-20/h6-14,24H,1-5H3,(H,25,26). The van der Waals surface area contributed by atoms with E-state index >= 15 is 0 Å². The number of H-pyrrole nitrogens is 1. The first-order chi connectivity index (χ1) is 13.4. The zero-order valence-electron chi connectivity index (χ0n) is 16.9. The van der Waals surface area contributed by atoms with Crippen molar-refractivity contribution in [2.24, 2.45) is 0 Å². The lowest BCUT2D eigenvalue weighted by molar-refractivity contribution is -0.116. The molecule has 2 aromatic carbocycles. The number of carbonyl (C=O) groups excluding carboxylic acids is 1. The van der Waals surface area contributed by atoms with E-state index in [1.54, 1.807) is 20.3 Å². The van der Waals surface area contributed by atoms with E-state index in [4.69, 9.17) is 9.47 Å². The number of aromatic nitrogens is 1. The van der Waals surface area contributed by atoms with E-state index in [9.17, 15) is 4.79 Å². The molecule has 0 saturated carbocycles. The summed E-state index contributed by atoms with van der Waals surface area (Å²) >= 11 is 0. The summed E-state index contributed by atoms with van der Waals surface area (Å²) in [5.74, 6) is 1.29. The third kappa shape index (κ3) is 4.03. The van der Waals surface area contributed by atoms with Gasteiger partial charge < -0.3 is 19.8 Å². The van der Waals surface area contributed by atoms with Gasteiger partial charge in [0.15, 0.2) is 0 Å². The summed E-state index contributed by atoms with van der Waals surface area (Å²) in [4.78, 5) is 15.3. The number of allylic oxidation sites excluding steroid dienone is 1. The van der Waals surface area contributed by atoms with Gasteiger partial charge in [-0.05, 0) is 67.6 Å². The Morgan fingerprint density at radius 1 is 1.07 bits per heavy atom. The number of benzene rings is 2. The van der Waals surface area contributed by atoms with Gasteiger partial charge in [-0.3, -0.25) is 4.79 Å². The molecule has 0 aliphatic heterocycles. The van der Waals surface area contributed by atoms with Crippen LogP contribution in [-0.4, -0.2) is 31.2 Å². The van der Waals surface area contributed by atoms with E-state index in [-0.39, 0.29) is 11.9 Å². The number of carbonyl (C=O) groups is 1. The number of hydrogen-bond acceptors (Lipinski definition) is 3. The van der Waals surface area contributed by atoms with Gasteiger partial charge in [0.1, 0.15) is 11.5 Å². The van der Waals surface area contributed by atoms with Gasteiger partial charge in [-0.15, -0.1) is 0 Å². The highest BCUT2D eigenvalue weighted by Gasteiger charge is 2.15. The second-order valence-electron chi connectivity index (χ2n) is 7.02. The molecule has 0 radical (unpaired) electrons. The molecule has 0 saturated heterocycles. The van der Waals surface area contributed by atoms with Crippen LogP contribution in [0.3, 0.4) is 0 Å². The molecular weight excluding hydrogens is 352 g/mol. The first kappa shape index (κ1) is 19.5. The van der Waals surface area contributed by atoms with E-state index < -0.39 is 0 Å². The van der Waals surface area contributed by atoms with Gasteiger partial charge in [-0.1, -0.05) is 6.07 Å². The quantitative estimate of drug-likeness (QED) is 0.607. The van der Waals surface area contributed by atoms with Crippen molar-refractivity contribution in [1.82, 2.24) is 10.3 Å². The van der Waals surface area contributed by atoms with Crippen LogP contribution in [0, 0.1) is 0 Å². The van der Waals surface area contributed by atoms with E-state index in [1.165, 1.54) is 0 Å². The summed E-state index contributed by atoms with van der Waals surface area (Å²) in [5.41, 5.74) is 4.69. The lowest BCUT2D eigenvalue weighted by Crippen LogP contribution is -2.28. The third-order valence-electron chi connectivity index (χ3n) is 4.59. The van der Waals surface area contributed by atoms with Crippen LogP contribution in [0.1, 0.15) is 26.3 Å². The molecule has 146 valence electrons. The van der Waals surface area contributed by atoms with Crippen molar-refractivity contribution < 1.29 is 14.3 Å². The highest BCUT2D eigenvalue weighted by atomic mass is 16.5. The van der Waals surface area contributed by atoms with Crippen LogP contribution in [0.2, 0.25) is 0 Å². The minimum atomic E-state index is -0.129. The topological polar surface area (TPSA) is 63.4 Å². The number of ether oxygens (including phenoxy) is 2.